The van der Waals surface area contributed by atoms with E-state index in [2.05, 4.69) is 11.2 Å². The molecule has 0 saturated carbocycles. The van der Waals surface area contributed by atoms with Gasteiger partial charge < -0.3 is 4.52 Å². The molecule has 1 aliphatic heterocycles. The maximum atomic E-state index is 13.1. The zero-order chi connectivity index (χ0) is 16.7. The molecule has 1 aliphatic rings. The van der Waals surface area contributed by atoms with Crippen LogP contribution in [0, 0.1) is 6.92 Å². The first kappa shape index (κ1) is 15.6. The lowest BCUT2D eigenvalue weighted by molar-refractivity contribution is 0.391. The van der Waals surface area contributed by atoms with Gasteiger partial charge in [0.05, 0.1) is 16.0 Å². The smallest absolute Gasteiger partial charge is 0.244 e. The van der Waals surface area contributed by atoms with Gasteiger partial charge in [0, 0.05) is 24.0 Å². The Bertz CT molecular complexity index is 975. The van der Waals surface area contributed by atoms with Crippen LogP contribution >= 0.6 is 11.3 Å². The first-order valence-electron chi connectivity index (χ1n) is 7.64. The van der Waals surface area contributed by atoms with Crippen LogP contribution in [0.4, 0.5) is 0 Å². The number of aromatic nitrogens is 1. The molecule has 0 atom stereocenters. The summed E-state index contributed by atoms with van der Waals surface area (Å²) in [5.41, 5.74) is 2.31. The van der Waals surface area contributed by atoms with Crippen LogP contribution in [0.25, 0.3) is 10.6 Å². The number of rotatable bonds is 3. The van der Waals surface area contributed by atoms with Gasteiger partial charge in [-0.1, -0.05) is 29.4 Å². The summed E-state index contributed by atoms with van der Waals surface area (Å²) in [4.78, 5) is 1.90. The molecule has 0 spiro atoms. The fraction of sp³-hybridized carbons (Fsp3) is 0.235. The largest absolute Gasteiger partial charge is 0.355 e. The van der Waals surface area contributed by atoms with Gasteiger partial charge in [0.15, 0.2) is 5.76 Å². The Balaban J connectivity index is 1.69. The number of thiophene rings is 1. The minimum atomic E-state index is -3.52. The van der Waals surface area contributed by atoms with Gasteiger partial charge in [-0.2, -0.15) is 4.31 Å². The Hall–Kier alpha value is -1.96. The Morgan fingerprint density at radius 2 is 2.00 bits per heavy atom. The molecule has 1 aromatic carbocycles. The van der Waals surface area contributed by atoms with Crippen LogP contribution in [0.15, 0.2) is 52.0 Å². The van der Waals surface area contributed by atoms with Crippen LogP contribution in [-0.2, 0) is 23.0 Å². The Labute approximate surface area is 144 Å². The standard InChI is InChI=1S/C17H16N2O3S2/c1-12-17(10-16(23-12)15-6-8-18-22-15)24(20,21)19-9-7-13-4-2-3-5-14(13)11-19/h2-6,8,10H,7,9,11H2,1H3. The van der Waals surface area contributed by atoms with Crippen LogP contribution in [0.5, 0.6) is 0 Å². The molecule has 3 heterocycles. The molecule has 4 rings (SSSR count). The van der Waals surface area contributed by atoms with Crippen molar-refractivity contribution in [2.24, 2.45) is 0 Å². The molecule has 0 bridgehead atoms. The highest BCUT2D eigenvalue weighted by Gasteiger charge is 2.31. The zero-order valence-corrected chi connectivity index (χ0v) is 14.7. The average molecular weight is 360 g/mol. The Kier molecular flexibility index (Phi) is 3.79. The van der Waals surface area contributed by atoms with Crippen molar-refractivity contribution >= 4 is 21.4 Å². The van der Waals surface area contributed by atoms with Gasteiger partial charge in [-0.3, -0.25) is 0 Å². The highest BCUT2D eigenvalue weighted by molar-refractivity contribution is 7.89. The molecule has 24 heavy (non-hydrogen) atoms. The van der Waals surface area contributed by atoms with E-state index in [0.717, 1.165) is 21.7 Å². The number of fused-ring (bicyclic) bond motifs is 1. The van der Waals surface area contributed by atoms with E-state index in [1.807, 2.05) is 25.1 Å². The quantitative estimate of drug-likeness (QED) is 0.717. The van der Waals surface area contributed by atoms with Crippen LogP contribution in [-0.4, -0.2) is 24.4 Å². The van der Waals surface area contributed by atoms with E-state index in [-0.39, 0.29) is 0 Å². The SMILES string of the molecule is Cc1sc(-c2ccno2)cc1S(=O)(=O)N1CCc2ccccc2C1. The summed E-state index contributed by atoms with van der Waals surface area (Å²) in [5.74, 6) is 0.591. The van der Waals surface area contributed by atoms with Gasteiger partial charge in [-0.15, -0.1) is 11.3 Å². The number of benzene rings is 1. The molecule has 7 heteroatoms. The average Bonchev–Trinajstić information content (AvgIpc) is 3.24. The maximum Gasteiger partial charge on any atom is 0.244 e. The predicted octanol–water partition coefficient (Wildman–Crippen LogP) is 3.46. The van der Waals surface area contributed by atoms with E-state index >= 15 is 0 Å². The summed E-state index contributed by atoms with van der Waals surface area (Å²) in [6.07, 6.45) is 2.30. The number of aryl methyl sites for hydroxylation is 1. The lowest BCUT2D eigenvalue weighted by Crippen LogP contribution is -2.36. The molecule has 124 valence electrons. The molecule has 5 nitrogen and oxygen atoms in total. The van der Waals surface area contributed by atoms with Gasteiger partial charge in [-0.25, -0.2) is 8.42 Å². The van der Waals surface area contributed by atoms with E-state index in [1.165, 1.54) is 16.9 Å². The van der Waals surface area contributed by atoms with E-state index in [4.69, 9.17) is 4.52 Å². The third kappa shape index (κ3) is 2.58. The number of sulfonamides is 1. The second kappa shape index (κ2) is 5.84. The second-order valence-electron chi connectivity index (χ2n) is 5.77. The maximum absolute atomic E-state index is 13.1. The van der Waals surface area contributed by atoms with Gasteiger partial charge in [0.2, 0.25) is 10.0 Å². The zero-order valence-electron chi connectivity index (χ0n) is 13.1. The van der Waals surface area contributed by atoms with E-state index < -0.39 is 10.0 Å². The highest BCUT2D eigenvalue weighted by Crippen LogP contribution is 2.35. The van der Waals surface area contributed by atoms with Gasteiger partial charge in [0.25, 0.3) is 0 Å². The molecule has 0 unspecified atom stereocenters. The number of hydrogen-bond donors (Lipinski definition) is 0. The summed E-state index contributed by atoms with van der Waals surface area (Å²) in [5, 5.41) is 3.69. The van der Waals surface area contributed by atoms with E-state index in [1.54, 1.807) is 22.6 Å². The fourth-order valence-electron chi connectivity index (χ4n) is 3.00. The Morgan fingerprint density at radius 3 is 2.75 bits per heavy atom. The third-order valence-electron chi connectivity index (χ3n) is 4.27. The minimum Gasteiger partial charge on any atom is -0.355 e. The van der Waals surface area contributed by atoms with Crippen molar-refractivity contribution in [3.63, 3.8) is 0 Å². The Morgan fingerprint density at radius 1 is 1.21 bits per heavy atom. The molecule has 0 aliphatic carbocycles. The predicted molar refractivity (Wildman–Crippen MR) is 92.3 cm³/mol. The van der Waals surface area contributed by atoms with Crippen molar-refractivity contribution in [3.05, 3.63) is 58.6 Å². The molecule has 3 aromatic rings. The normalized spacial score (nSPS) is 15.4. The van der Waals surface area contributed by atoms with Crippen molar-refractivity contribution in [3.8, 4) is 10.6 Å². The first-order chi connectivity index (χ1) is 11.6. The van der Waals surface area contributed by atoms with Crippen molar-refractivity contribution < 1.29 is 12.9 Å². The minimum absolute atomic E-state index is 0.360. The monoisotopic (exact) mass is 360 g/mol. The first-order valence-corrected chi connectivity index (χ1v) is 9.90. The highest BCUT2D eigenvalue weighted by atomic mass is 32.2. The summed E-state index contributed by atoms with van der Waals surface area (Å²) in [6, 6.07) is 11.4. The van der Waals surface area contributed by atoms with Crippen LogP contribution in [0.1, 0.15) is 16.0 Å². The number of nitrogens with zero attached hydrogens (tertiary/aromatic N) is 2. The third-order valence-corrected chi connectivity index (χ3v) is 7.43. The topological polar surface area (TPSA) is 63.4 Å². The van der Waals surface area contributed by atoms with E-state index in [9.17, 15) is 8.42 Å². The molecule has 0 N–H and O–H groups in total. The molecule has 0 radical (unpaired) electrons. The van der Waals surface area contributed by atoms with Gasteiger partial charge in [-0.05, 0) is 30.5 Å². The van der Waals surface area contributed by atoms with Crippen molar-refractivity contribution in [2.45, 2.75) is 24.8 Å². The van der Waals surface area contributed by atoms with Crippen molar-refractivity contribution in [1.29, 1.82) is 0 Å². The second-order valence-corrected chi connectivity index (χ2v) is 8.93. The summed E-state index contributed by atoms with van der Waals surface area (Å²) in [7, 11) is -3.52. The molecular weight excluding hydrogens is 344 g/mol. The summed E-state index contributed by atoms with van der Waals surface area (Å²) in [6.45, 7) is 2.76. The van der Waals surface area contributed by atoms with Crippen LogP contribution in [0.2, 0.25) is 0 Å². The van der Waals surface area contributed by atoms with E-state index in [0.29, 0.717) is 23.7 Å². The van der Waals surface area contributed by atoms with Gasteiger partial charge >= 0.3 is 0 Å². The molecule has 2 aromatic heterocycles. The molecule has 0 saturated heterocycles. The van der Waals surface area contributed by atoms with Crippen molar-refractivity contribution in [1.82, 2.24) is 9.46 Å². The lowest BCUT2D eigenvalue weighted by atomic mass is 10.0. The molecular formula is C17H16N2O3S2. The van der Waals surface area contributed by atoms with Gasteiger partial charge in [0.1, 0.15) is 0 Å². The van der Waals surface area contributed by atoms with Crippen LogP contribution < -0.4 is 0 Å². The molecule has 0 amide bonds. The lowest BCUT2D eigenvalue weighted by Gasteiger charge is -2.28. The van der Waals surface area contributed by atoms with Crippen molar-refractivity contribution in [2.75, 3.05) is 6.54 Å². The number of hydrogen-bond acceptors (Lipinski definition) is 5. The molecule has 0 fully saturated rings. The summed E-state index contributed by atoms with van der Waals surface area (Å²) >= 11 is 1.41. The fourth-order valence-corrected chi connectivity index (χ4v) is 5.94. The summed E-state index contributed by atoms with van der Waals surface area (Å²) < 4.78 is 32.9. The van der Waals surface area contributed by atoms with Crippen LogP contribution in [0.3, 0.4) is 0 Å².